The Morgan fingerprint density at radius 3 is 2.79 bits per heavy atom. The highest BCUT2D eigenvalue weighted by Crippen LogP contribution is 2.43. The first-order valence-corrected chi connectivity index (χ1v) is 6.35. The van der Waals surface area contributed by atoms with Crippen LogP contribution in [0.15, 0.2) is 17.0 Å². The Balaban J connectivity index is 2.38. The van der Waals surface area contributed by atoms with Gasteiger partial charge in [0.15, 0.2) is 5.83 Å². The first kappa shape index (κ1) is 14.3. The lowest BCUT2D eigenvalue weighted by atomic mass is 9.92. The molecule has 0 bridgehead atoms. The van der Waals surface area contributed by atoms with Crippen LogP contribution in [0.25, 0.3) is 0 Å². The predicted octanol–water partition coefficient (Wildman–Crippen LogP) is 1.74. The van der Waals surface area contributed by atoms with Gasteiger partial charge >= 0.3 is 5.97 Å². The van der Waals surface area contributed by atoms with Crippen molar-refractivity contribution in [3.05, 3.63) is 12.0 Å². The van der Waals surface area contributed by atoms with Gasteiger partial charge in [0.1, 0.15) is 5.66 Å². The summed E-state index contributed by atoms with van der Waals surface area (Å²) in [7, 11) is 1.33. The second-order valence-corrected chi connectivity index (χ2v) is 5.75. The van der Waals surface area contributed by atoms with E-state index in [4.69, 9.17) is 11.6 Å². The topological polar surface area (TPSA) is 53.9 Å². The highest BCUT2D eigenvalue weighted by atomic mass is 35.5. The van der Waals surface area contributed by atoms with Crippen molar-refractivity contribution in [2.24, 2.45) is 4.99 Å². The van der Waals surface area contributed by atoms with Gasteiger partial charge in [0.25, 0.3) is 0 Å². The van der Waals surface area contributed by atoms with Gasteiger partial charge in [0.2, 0.25) is 5.29 Å². The van der Waals surface area contributed by atoms with Crippen molar-refractivity contribution in [3.8, 4) is 0 Å². The quantitative estimate of drug-likeness (QED) is 0.621. The molecule has 0 aromatic heterocycles. The summed E-state index contributed by atoms with van der Waals surface area (Å²) in [6.07, 6.45) is 1.23. The number of nitrogens with zero attached hydrogens (tertiary/aromatic N) is 2. The first-order chi connectivity index (χ1) is 8.73. The lowest BCUT2D eigenvalue weighted by molar-refractivity contribution is -0.141. The van der Waals surface area contributed by atoms with Crippen LogP contribution in [0, 0.1) is 0 Å². The van der Waals surface area contributed by atoms with E-state index in [1.807, 2.05) is 13.8 Å². The molecule has 0 aromatic carbocycles. The largest absolute Gasteiger partial charge is 0.469 e. The van der Waals surface area contributed by atoms with E-state index in [2.05, 4.69) is 15.0 Å². The van der Waals surface area contributed by atoms with Gasteiger partial charge in [-0.2, -0.15) is 0 Å². The maximum Gasteiger partial charge on any atom is 0.307 e. The van der Waals surface area contributed by atoms with Gasteiger partial charge in [-0.1, -0.05) is 0 Å². The van der Waals surface area contributed by atoms with Crippen molar-refractivity contribution in [2.75, 3.05) is 7.11 Å². The molecule has 1 N–H and O–H groups in total. The van der Waals surface area contributed by atoms with Gasteiger partial charge in [0, 0.05) is 6.04 Å². The van der Waals surface area contributed by atoms with E-state index in [1.54, 1.807) is 11.8 Å². The zero-order valence-electron chi connectivity index (χ0n) is 11.3. The molecule has 5 nitrogen and oxygen atoms in total. The van der Waals surface area contributed by atoms with Crippen LogP contribution in [0.5, 0.6) is 0 Å². The summed E-state index contributed by atoms with van der Waals surface area (Å²) >= 11 is 6.10. The molecular formula is C12H17ClFN3O2. The van der Waals surface area contributed by atoms with Crippen LogP contribution in [0.2, 0.25) is 0 Å². The van der Waals surface area contributed by atoms with Crippen molar-refractivity contribution in [1.29, 1.82) is 0 Å². The van der Waals surface area contributed by atoms with Crippen LogP contribution >= 0.6 is 11.6 Å². The van der Waals surface area contributed by atoms with Crippen molar-refractivity contribution >= 4 is 22.9 Å². The van der Waals surface area contributed by atoms with Gasteiger partial charge in [-0.15, -0.1) is 0 Å². The Labute approximate surface area is 116 Å². The highest BCUT2D eigenvalue weighted by Gasteiger charge is 2.58. The summed E-state index contributed by atoms with van der Waals surface area (Å²) in [6, 6.07) is -0.300. The molecule has 106 valence electrons. The summed E-state index contributed by atoms with van der Waals surface area (Å²) in [5, 5.41) is 3.32. The molecular weight excluding hydrogens is 273 g/mol. The number of methoxy groups -OCH3 is 1. The number of nitrogens with one attached hydrogen (secondary N) is 1. The Morgan fingerprint density at radius 2 is 2.26 bits per heavy atom. The van der Waals surface area contributed by atoms with E-state index in [0.717, 1.165) is 6.20 Å². The number of carbonyl (C=O) groups excluding carboxylic acids is 1. The molecule has 1 saturated heterocycles. The number of rotatable bonds is 2. The number of hydrogen-bond donors (Lipinski definition) is 1. The molecule has 19 heavy (non-hydrogen) atoms. The number of aliphatic imine (C=N–C) groups is 1. The van der Waals surface area contributed by atoms with E-state index in [1.165, 1.54) is 7.11 Å². The number of ether oxygens (including phenoxy) is 1. The number of hydrogen-bond acceptors (Lipinski definition) is 5. The highest BCUT2D eigenvalue weighted by molar-refractivity contribution is 6.65. The summed E-state index contributed by atoms with van der Waals surface area (Å²) in [5.74, 6) is -0.788. The van der Waals surface area contributed by atoms with Crippen LogP contribution in [0.3, 0.4) is 0 Å². The van der Waals surface area contributed by atoms with E-state index < -0.39 is 17.0 Å². The fraction of sp³-hybridized carbons (Fsp3) is 0.667. The molecule has 0 radical (unpaired) electrons. The fourth-order valence-electron chi connectivity index (χ4n) is 2.75. The number of halogens is 2. The summed E-state index contributed by atoms with van der Waals surface area (Å²) in [4.78, 5) is 17.0. The third kappa shape index (κ3) is 2.03. The van der Waals surface area contributed by atoms with Gasteiger partial charge in [0.05, 0.1) is 25.3 Å². The predicted molar refractivity (Wildman–Crippen MR) is 70.4 cm³/mol. The lowest BCUT2D eigenvalue weighted by Crippen LogP contribution is -2.56. The van der Waals surface area contributed by atoms with Crippen LogP contribution in [0.4, 0.5) is 4.39 Å². The van der Waals surface area contributed by atoms with Crippen molar-refractivity contribution in [3.63, 3.8) is 0 Å². The van der Waals surface area contributed by atoms with Gasteiger partial charge in [-0.3, -0.25) is 10.1 Å². The minimum Gasteiger partial charge on any atom is -0.469 e. The van der Waals surface area contributed by atoms with Crippen LogP contribution in [-0.2, 0) is 9.53 Å². The second kappa shape index (κ2) is 4.45. The number of amidine groups is 1. The van der Waals surface area contributed by atoms with Gasteiger partial charge in [-0.05, 0) is 32.4 Å². The average Bonchev–Trinajstić information content (AvgIpc) is 2.53. The second-order valence-electron chi connectivity index (χ2n) is 5.41. The van der Waals surface area contributed by atoms with Gasteiger partial charge < -0.3 is 9.64 Å². The summed E-state index contributed by atoms with van der Waals surface area (Å²) in [6.45, 7) is 5.44. The van der Waals surface area contributed by atoms with Crippen molar-refractivity contribution < 1.29 is 13.9 Å². The van der Waals surface area contributed by atoms with E-state index in [9.17, 15) is 9.18 Å². The minimum atomic E-state index is -1.08. The summed E-state index contributed by atoms with van der Waals surface area (Å²) in [5.41, 5.74) is -1.66. The van der Waals surface area contributed by atoms with E-state index in [-0.39, 0.29) is 23.7 Å². The molecule has 2 aliphatic heterocycles. The number of fused-ring (bicyclic) bond motifs is 1. The van der Waals surface area contributed by atoms with Crippen LogP contribution in [0.1, 0.15) is 27.2 Å². The zero-order valence-corrected chi connectivity index (χ0v) is 12.1. The molecule has 0 aliphatic carbocycles. The first-order valence-electron chi connectivity index (χ1n) is 5.97. The molecule has 7 heteroatoms. The third-order valence-corrected chi connectivity index (χ3v) is 4.13. The molecule has 2 rings (SSSR count). The average molecular weight is 290 g/mol. The maximum absolute atomic E-state index is 14.1. The number of carbonyl (C=O) groups is 1. The lowest BCUT2D eigenvalue weighted by Gasteiger charge is -2.42. The molecule has 2 heterocycles. The van der Waals surface area contributed by atoms with E-state index in [0.29, 0.717) is 0 Å². The van der Waals surface area contributed by atoms with Crippen molar-refractivity contribution in [1.82, 2.24) is 10.2 Å². The molecule has 1 unspecified atom stereocenters. The fourth-order valence-corrected chi connectivity index (χ4v) is 3.19. The van der Waals surface area contributed by atoms with Crippen LogP contribution < -0.4 is 5.32 Å². The Hall–Kier alpha value is -1.14. The molecule has 0 aromatic rings. The standard InChI is InChI=1S/C12H17ClFN3O2/c1-11(2)8(5-9(18)19-4)16-12(3)7(14)6-15-10(13)17(11)12/h6,8,16H,5H2,1-4H3/t8-,12?/m1/s1. The molecule has 0 amide bonds. The monoisotopic (exact) mass is 289 g/mol. The van der Waals surface area contributed by atoms with Gasteiger partial charge in [-0.25, -0.2) is 9.38 Å². The normalized spacial score (nSPS) is 32.5. The van der Waals surface area contributed by atoms with Crippen LogP contribution in [-0.4, -0.2) is 40.5 Å². The zero-order chi connectivity index (χ0) is 14.4. The third-order valence-electron chi connectivity index (χ3n) is 3.86. The Morgan fingerprint density at radius 1 is 1.63 bits per heavy atom. The summed E-state index contributed by atoms with van der Waals surface area (Å²) < 4.78 is 18.8. The molecule has 1 fully saturated rings. The number of esters is 1. The Kier molecular flexibility index (Phi) is 3.35. The smallest absolute Gasteiger partial charge is 0.307 e. The SMILES string of the molecule is COC(=O)C[C@H]1NC2(C)C(F)=CN=C(Cl)N2C1(C)C. The van der Waals surface area contributed by atoms with Crippen molar-refractivity contribution in [2.45, 2.75) is 44.4 Å². The molecule has 0 spiro atoms. The molecule has 0 saturated carbocycles. The maximum atomic E-state index is 14.1. The van der Waals surface area contributed by atoms with E-state index >= 15 is 0 Å². The molecule has 2 aliphatic rings. The Bertz CT molecular complexity index is 478. The minimum absolute atomic E-state index is 0.132. The molecule has 2 atom stereocenters.